The normalized spacial score (nSPS) is 20.1. The van der Waals surface area contributed by atoms with Crippen molar-refractivity contribution in [2.75, 3.05) is 0 Å². The van der Waals surface area contributed by atoms with Crippen LogP contribution in [0.3, 0.4) is 0 Å². The number of ketones is 4. The summed E-state index contributed by atoms with van der Waals surface area (Å²) in [6.07, 6.45) is 1.12. The first-order valence-electron chi connectivity index (χ1n) is 8.58. The summed E-state index contributed by atoms with van der Waals surface area (Å²) < 4.78 is 9.32. The third kappa shape index (κ3) is 12.6. The third-order valence-corrected chi connectivity index (χ3v) is 3.25. The van der Waals surface area contributed by atoms with Crippen molar-refractivity contribution in [1.82, 2.24) is 0 Å². The molecule has 0 radical (unpaired) electrons. The summed E-state index contributed by atoms with van der Waals surface area (Å²) in [5.41, 5.74) is -0.0770. The first-order chi connectivity index (χ1) is 12.1. The van der Waals surface area contributed by atoms with Gasteiger partial charge in [0.15, 0.2) is 0 Å². The third-order valence-electron chi connectivity index (χ3n) is 3.25. The molecule has 152 valence electrons. The van der Waals surface area contributed by atoms with Crippen LogP contribution in [0.5, 0.6) is 0 Å². The Hall–Kier alpha value is -2.38. The summed E-state index contributed by atoms with van der Waals surface area (Å²) in [7, 11) is 0. The van der Waals surface area contributed by atoms with Crippen LogP contribution in [0.4, 0.5) is 0 Å². The average molecular weight is 384 g/mol. The molecule has 0 unspecified atom stereocenters. The van der Waals surface area contributed by atoms with E-state index < -0.39 is 17.7 Å². The number of esters is 2. The number of rotatable bonds is 2. The molecule has 0 spiro atoms. The molecule has 0 bridgehead atoms. The van der Waals surface area contributed by atoms with Crippen LogP contribution in [0.25, 0.3) is 0 Å². The Balaban J connectivity index is 0.000000384. The van der Waals surface area contributed by atoms with E-state index in [0.29, 0.717) is 12.8 Å². The molecule has 0 aromatic carbocycles. The number of carbonyl (C=O) groups excluding carboxylic acids is 6. The molecule has 0 atom stereocenters. The van der Waals surface area contributed by atoms with Crippen LogP contribution in [0, 0.1) is 5.41 Å². The van der Waals surface area contributed by atoms with E-state index in [-0.39, 0.29) is 47.8 Å². The molecular weight excluding hydrogens is 356 g/mol. The van der Waals surface area contributed by atoms with E-state index in [2.05, 4.69) is 9.47 Å². The van der Waals surface area contributed by atoms with Crippen molar-refractivity contribution in [3.63, 3.8) is 0 Å². The van der Waals surface area contributed by atoms with Crippen LogP contribution >= 0.6 is 0 Å². The minimum atomic E-state index is -1.08. The summed E-state index contributed by atoms with van der Waals surface area (Å²) >= 11 is 0. The van der Waals surface area contributed by atoms with Gasteiger partial charge in [-0.3, -0.25) is 28.8 Å². The predicted molar refractivity (Wildman–Crippen MR) is 94.5 cm³/mol. The van der Waals surface area contributed by atoms with Gasteiger partial charge in [-0.1, -0.05) is 13.8 Å². The molecule has 1 aliphatic heterocycles. The van der Waals surface area contributed by atoms with E-state index in [4.69, 9.17) is 0 Å². The molecule has 0 amide bonds. The van der Waals surface area contributed by atoms with E-state index in [1.54, 1.807) is 0 Å². The van der Waals surface area contributed by atoms with Crippen LogP contribution in [0.1, 0.15) is 73.6 Å². The number of Topliss-reactive ketones (excluding diaryl/α,β-unsaturated/α-hetero) is 4. The molecule has 8 heteroatoms. The summed E-state index contributed by atoms with van der Waals surface area (Å²) in [6, 6.07) is 0. The number of cyclic esters (lactones) is 2. The molecule has 0 aromatic rings. The SMILES string of the molecule is CC(=O)CC(C)=O.CC1(C)CC(=O)CC(=O)C1.CC1(C)OC(=O)CC(=O)O1. The minimum absolute atomic E-state index is 0.0625. The molecule has 0 N–H and O–H groups in total. The van der Waals surface area contributed by atoms with Gasteiger partial charge in [0.25, 0.3) is 5.79 Å². The topological polar surface area (TPSA) is 121 Å². The first-order valence-corrected chi connectivity index (χ1v) is 8.58. The maximum atomic E-state index is 10.9. The van der Waals surface area contributed by atoms with Crippen LogP contribution in [-0.4, -0.2) is 40.9 Å². The Morgan fingerprint density at radius 3 is 1.37 bits per heavy atom. The van der Waals surface area contributed by atoms with Gasteiger partial charge >= 0.3 is 11.9 Å². The van der Waals surface area contributed by atoms with Crippen molar-refractivity contribution in [3.8, 4) is 0 Å². The van der Waals surface area contributed by atoms with Gasteiger partial charge in [0.2, 0.25) is 0 Å². The predicted octanol–water partition coefficient (Wildman–Crippen LogP) is 2.10. The van der Waals surface area contributed by atoms with E-state index in [1.165, 1.54) is 27.7 Å². The zero-order valence-corrected chi connectivity index (χ0v) is 16.8. The molecule has 2 aliphatic rings. The van der Waals surface area contributed by atoms with Crippen LogP contribution < -0.4 is 0 Å². The van der Waals surface area contributed by atoms with E-state index in [1.807, 2.05) is 13.8 Å². The zero-order valence-electron chi connectivity index (χ0n) is 16.8. The highest BCUT2D eigenvalue weighted by atomic mass is 16.7. The molecule has 1 saturated carbocycles. The minimum Gasteiger partial charge on any atom is -0.423 e. The number of ether oxygens (including phenoxy) is 2. The van der Waals surface area contributed by atoms with Gasteiger partial charge < -0.3 is 9.47 Å². The van der Waals surface area contributed by atoms with Crippen LogP contribution in [-0.2, 0) is 38.2 Å². The number of carbonyl (C=O) groups is 6. The Labute approximate surface area is 159 Å². The Morgan fingerprint density at radius 1 is 0.778 bits per heavy atom. The van der Waals surface area contributed by atoms with Gasteiger partial charge in [0, 0.05) is 26.7 Å². The lowest BCUT2D eigenvalue weighted by molar-refractivity contribution is -0.231. The molecule has 8 nitrogen and oxygen atoms in total. The molecule has 1 aliphatic carbocycles. The van der Waals surface area contributed by atoms with Gasteiger partial charge in [0.1, 0.15) is 29.6 Å². The highest BCUT2D eigenvalue weighted by Gasteiger charge is 2.34. The Kier molecular flexibility index (Phi) is 9.19. The van der Waals surface area contributed by atoms with Crippen molar-refractivity contribution < 1.29 is 38.2 Å². The Bertz CT molecular complexity index is 538. The molecule has 0 aromatic heterocycles. The van der Waals surface area contributed by atoms with Crippen LogP contribution in [0.15, 0.2) is 0 Å². The van der Waals surface area contributed by atoms with Crippen molar-refractivity contribution in [2.45, 2.75) is 79.4 Å². The quantitative estimate of drug-likeness (QED) is 0.524. The number of hydrogen-bond donors (Lipinski definition) is 0. The molecule has 1 saturated heterocycles. The summed E-state index contributed by atoms with van der Waals surface area (Å²) in [5.74, 6) is -2.06. The van der Waals surface area contributed by atoms with Crippen molar-refractivity contribution >= 4 is 35.1 Å². The lowest BCUT2D eigenvalue weighted by atomic mass is 9.76. The van der Waals surface area contributed by atoms with Gasteiger partial charge in [-0.25, -0.2) is 0 Å². The van der Waals surface area contributed by atoms with Crippen molar-refractivity contribution in [2.24, 2.45) is 5.41 Å². The molecule has 27 heavy (non-hydrogen) atoms. The fraction of sp³-hybridized carbons (Fsp3) is 0.684. The largest absolute Gasteiger partial charge is 0.423 e. The van der Waals surface area contributed by atoms with Gasteiger partial charge in [-0.15, -0.1) is 0 Å². The van der Waals surface area contributed by atoms with Crippen molar-refractivity contribution in [3.05, 3.63) is 0 Å². The first kappa shape index (κ1) is 24.6. The monoisotopic (exact) mass is 384 g/mol. The Morgan fingerprint density at radius 2 is 1.15 bits per heavy atom. The zero-order chi connectivity index (χ0) is 21.4. The maximum Gasteiger partial charge on any atom is 0.320 e. The van der Waals surface area contributed by atoms with Gasteiger partial charge in [0.05, 0.1) is 12.8 Å². The summed E-state index contributed by atoms with van der Waals surface area (Å²) in [4.78, 5) is 62.9. The van der Waals surface area contributed by atoms with Crippen molar-refractivity contribution in [1.29, 1.82) is 0 Å². The number of hydrogen-bond acceptors (Lipinski definition) is 8. The lowest BCUT2D eigenvalue weighted by Crippen LogP contribution is -2.39. The fourth-order valence-corrected chi connectivity index (χ4v) is 2.58. The second-order valence-corrected chi connectivity index (χ2v) is 7.88. The van der Waals surface area contributed by atoms with E-state index >= 15 is 0 Å². The molecule has 2 fully saturated rings. The summed E-state index contributed by atoms with van der Waals surface area (Å²) in [5, 5.41) is 0. The second kappa shape index (κ2) is 10.1. The summed E-state index contributed by atoms with van der Waals surface area (Å²) in [6.45, 7) is 9.76. The molecular formula is C19H28O8. The smallest absolute Gasteiger partial charge is 0.320 e. The molecule has 1 heterocycles. The lowest BCUT2D eigenvalue weighted by Gasteiger charge is -2.28. The fourth-order valence-electron chi connectivity index (χ4n) is 2.58. The molecule has 2 rings (SSSR count). The van der Waals surface area contributed by atoms with Gasteiger partial charge in [-0.05, 0) is 19.3 Å². The average Bonchev–Trinajstić information content (AvgIpc) is 2.30. The highest BCUT2D eigenvalue weighted by Crippen LogP contribution is 2.30. The highest BCUT2D eigenvalue weighted by molar-refractivity contribution is 6.02. The standard InChI is InChI=1S/C8H12O2.C6H8O4.C5H8O2/c1-8(2)4-6(9)3-7(10)5-8;1-6(2)9-4(7)3-5(8)10-6;1-4(6)3-5(2)7/h3-5H2,1-2H3;3H2,1-2H3;3H2,1-2H3. The van der Waals surface area contributed by atoms with Crippen LogP contribution in [0.2, 0.25) is 0 Å². The van der Waals surface area contributed by atoms with E-state index in [0.717, 1.165) is 0 Å². The second-order valence-electron chi connectivity index (χ2n) is 7.88. The maximum absolute atomic E-state index is 10.9. The van der Waals surface area contributed by atoms with E-state index in [9.17, 15) is 28.8 Å². The van der Waals surface area contributed by atoms with Gasteiger partial charge in [-0.2, -0.15) is 0 Å².